The standard InChI is InChI=1S/C20H21N3O3/c1-2-3-8-16-9-5-10-23(16)19(24)15-7-4-6-14(11-15)17-12-21-13-18(22-17)20(25)26/h4-7,9,11-13,16H,2-3,8,10H2,1H3,(H,25,26)/t16-/m0/s1. The number of hydrogen-bond acceptors (Lipinski definition) is 4. The van der Waals surface area contributed by atoms with E-state index in [9.17, 15) is 9.59 Å². The zero-order valence-corrected chi connectivity index (χ0v) is 14.6. The first kappa shape index (κ1) is 17.8. The van der Waals surface area contributed by atoms with Crippen molar-refractivity contribution in [1.29, 1.82) is 0 Å². The van der Waals surface area contributed by atoms with E-state index >= 15 is 0 Å². The van der Waals surface area contributed by atoms with Crippen LogP contribution in [0.1, 0.15) is 47.0 Å². The number of carboxylic acids is 1. The van der Waals surface area contributed by atoms with Gasteiger partial charge in [-0.25, -0.2) is 9.78 Å². The number of amides is 1. The van der Waals surface area contributed by atoms with Gasteiger partial charge in [-0.05, 0) is 18.6 Å². The second-order valence-corrected chi connectivity index (χ2v) is 6.27. The van der Waals surface area contributed by atoms with Crippen LogP contribution in [0.15, 0.2) is 48.8 Å². The van der Waals surface area contributed by atoms with Crippen LogP contribution in [0, 0.1) is 0 Å². The van der Waals surface area contributed by atoms with Gasteiger partial charge in [0.25, 0.3) is 5.91 Å². The molecule has 2 aromatic rings. The number of carbonyl (C=O) groups excluding carboxylic acids is 1. The molecule has 0 aliphatic carbocycles. The highest BCUT2D eigenvalue weighted by Crippen LogP contribution is 2.22. The summed E-state index contributed by atoms with van der Waals surface area (Å²) in [6.45, 7) is 2.76. The van der Waals surface area contributed by atoms with E-state index in [1.807, 2.05) is 11.0 Å². The first-order chi connectivity index (χ1) is 12.6. The minimum absolute atomic E-state index is 0.0275. The summed E-state index contributed by atoms with van der Waals surface area (Å²) in [6.07, 6.45) is 9.97. The maximum atomic E-state index is 12.9. The van der Waals surface area contributed by atoms with Crippen molar-refractivity contribution >= 4 is 11.9 Å². The number of aromatic carboxylic acids is 1. The van der Waals surface area contributed by atoms with Crippen molar-refractivity contribution < 1.29 is 14.7 Å². The Hall–Kier alpha value is -3.02. The minimum atomic E-state index is -1.13. The van der Waals surface area contributed by atoms with Gasteiger partial charge in [0, 0.05) is 17.7 Å². The zero-order chi connectivity index (χ0) is 18.5. The molecule has 3 rings (SSSR count). The van der Waals surface area contributed by atoms with Crippen molar-refractivity contribution in [2.24, 2.45) is 0 Å². The molecule has 1 aliphatic heterocycles. The molecule has 0 bridgehead atoms. The van der Waals surface area contributed by atoms with E-state index in [-0.39, 0.29) is 17.6 Å². The summed E-state index contributed by atoms with van der Waals surface area (Å²) in [7, 11) is 0. The highest BCUT2D eigenvalue weighted by Gasteiger charge is 2.25. The topological polar surface area (TPSA) is 83.4 Å². The van der Waals surface area contributed by atoms with Crippen molar-refractivity contribution in [1.82, 2.24) is 14.9 Å². The molecule has 0 unspecified atom stereocenters. The predicted molar refractivity (Wildman–Crippen MR) is 97.9 cm³/mol. The van der Waals surface area contributed by atoms with Crippen LogP contribution < -0.4 is 0 Å². The Morgan fingerprint density at radius 1 is 1.31 bits per heavy atom. The van der Waals surface area contributed by atoms with Crippen LogP contribution in [0.3, 0.4) is 0 Å². The molecule has 6 nitrogen and oxygen atoms in total. The lowest BCUT2D eigenvalue weighted by Crippen LogP contribution is -2.36. The quantitative estimate of drug-likeness (QED) is 0.806. The van der Waals surface area contributed by atoms with Gasteiger partial charge in [0.1, 0.15) is 0 Å². The molecule has 134 valence electrons. The van der Waals surface area contributed by atoms with Gasteiger partial charge in [0.2, 0.25) is 0 Å². The molecule has 1 aromatic carbocycles. The number of benzene rings is 1. The summed E-state index contributed by atoms with van der Waals surface area (Å²) in [5, 5.41) is 9.07. The fourth-order valence-corrected chi connectivity index (χ4v) is 3.06. The highest BCUT2D eigenvalue weighted by molar-refractivity contribution is 5.96. The Kier molecular flexibility index (Phi) is 5.41. The SMILES string of the molecule is CCCC[C@H]1C=CCN1C(=O)c1cccc(-c2cncc(C(=O)O)n2)c1. The van der Waals surface area contributed by atoms with Gasteiger partial charge in [0.15, 0.2) is 5.69 Å². The molecule has 2 heterocycles. The monoisotopic (exact) mass is 351 g/mol. The van der Waals surface area contributed by atoms with E-state index in [1.165, 1.54) is 12.4 Å². The number of rotatable bonds is 6. The van der Waals surface area contributed by atoms with E-state index in [4.69, 9.17) is 5.11 Å². The van der Waals surface area contributed by atoms with Crippen molar-refractivity contribution in [2.75, 3.05) is 6.54 Å². The van der Waals surface area contributed by atoms with Gasteiger partial charge in [-0.3, -0.25) is 9.78 Å². The van der Waals surface area contributed by atoms with Gasteiger partial charge in [-0.15, -0.1) is 0 Å². The number of hydrogen-bond donors (Lipinski definition) is 1. The first-order valence-electron chi connectivity index (χ1n) is 8.73. The van der Waals surface area contributed by atoms with Crippen LogP contribution in [0.25, 0.3) is 11.3 Å². The minimum Gasteiger partial charge on any atom is -0.476 e. The summed E-state index contributed by atoms with van der Waals surface area (Å²) in [4.78, 5) is 33.9. The molecular formula is C20H21N3O3. The average molecular weight is 351 g/mol. The first-order valence-corrected chi connectivity index (χ1v) is 8.73. The number of aromatic nitrogens is 2. The van der Waals surface area contributed by atoms with Crippen molar-refractivity contribution in [2.45, 2.75) is 32.2 Å². The number of unbranched alkanes of at least 4 members (excludes halogenated alkanes) is 1. The fraction of sp³-hybridized carbons (Fsp3) is 0.300. The van der Waals surface area contributed by atoms with E-state index < -0.39 is 5.97 Å². The predicted octanol–water partition coefficient (Wildman–Crippen LogP) is 3.41. The molecule has 1 N–H and O–H groups in total. The van der Waals surface area contributed by atoms with Gasteiger partial charge in [0.05, 0.1) is 24.1 Å². The molecule has 0 saturated heterocycles. The van der Waals surface area contributed by atoms with E-state index in [0.717, 1.165) is 19.3 Å². The Morgan fingerprint density at radius 2 is 2.15 bits per heavy atom. The maximum Gasteiger partial charge on any atom is 0.356 e. The summed E-state index contributed by atoms with van der Waals surface area (Å²) in [5.41, 5.74) is 1.54. The molecular weight excluding hydrogens is 330 g/mol. The Morgan fingerprint density at radius 3 is 2.92 bits per heavy atom. The third kappa shape index (κ3) is 3.79. The largest absolute Gasteiger partial charge is 0.476 e. The molecule has 1 aromatic heterocycles. The normalized spacial score (nSPS) is 16.0. The van der Waals surface area contributed by atoms with Gasteiger partial charge in [-0.1, -0.05) is 44.1 Å². The Labute approximate surface area is 152 Å². The van der Waals surface area contributed by atoms with Crippen LogP contribution in [0.2, 0.25) is 0 Å². The summed E-state index contributed by atoms with van der Waals surface area (Å²) in [6, 6.07) is 7.23. The fourth-order valence-electron chi connectivity index (χ4n) is 3.06. The zero-order valence-electron chi connectivity index (χ0n) is 14.6. The third-order valence-electron chi connectivity index (χ3n) is 4.43. The van der Waals surface area contributed by atoms with Gasteiger partial charge >= 0.3 is 5.97 Å². The Bertz CT molecular complexity index is 848. The van der Waals surface area contributed by atoms with Crippen molar-refractivity contribution in [3.8, 4) is 11.3 Å². The second-order valence-electron chi connectivity index (χ2n) is 6.27. The van der Waals surface area contributed by atoms with Gasteiger partial charge < -0.3 is 10.0 Å². The molecule has 1 aliphatic rings. The Balaban J connectivity index is 1.84. The lowest BCUT2D eigenvalue weighted by atomic mass is 10.1. The van der Waals surface area contributed by atoms with E-state index in [2.05, 4.69) is 23.0 Å². The van der Waals surface area contributed by atoms with Crippen LogP contribution in [-0.2, 0) is 0 Å². The van der Waals surface area contributed by atoms with Crippen molar-refractivity contribution in [3.63, 3.8) is 0 Å². The maximum absolute atomic E-state index is 12.9. The van der Waals surface area contributed by atoms with Crippen LogP contribution in [0.4, 0.5) is 0 Å². The lowest BCUT2D eigenvalue weighted by molar-refractivity contribution is 0.0688. The second kappa shape index (κ2) is 7.91. The van der Waals surface area contributed by atoms with E-state index in [1.54, 1.807) is 24.3 Å². The van der Waals surface area contributed by atoms with E-state index in [0.29, 0.717) is 23.4 Å². The summed E-state index contributed by atoms with van der Waals surface area (Å²) < 4.78 is 0. The molecule has 0 saturated carbocycles. The molecule has 1 amide bonds. The van der Waals surface area contributed by atoms with Crippen LogP contribution in [-0.4, -0.2) is 44.4 Å². The van der Waals surface area contributed by atoms with Crippen LogP contribution >= 0.6 is 0 Å². The summed E-state index contributed by atoms with van der Waals surface area (Å²) >= 11 is 0. The number of carbonyl (C=O) groups is 2. The molecule has 0 fully saturated rings. The number of nitrogens with zero attached hydrogens (tertiary/aromatic N) is 3. The molecule has 0 spiro atoms. The van der Waals surface area contributed by atoms with Gasteiger partial charge in [-0.2, -0.15) is 0 Å². The lowest BCUT2D eigenvalue weighted by Gasteiger charge is -2.25. The average Bonchev–Trinajstić information content (AvgIpc) is 3.14. The molecule has 1 atom stereocenters. The highest BCUT2D eigenvalue weighted by atomic mass is 16.4. The van der Waals surface area contributed by atoms with Crippen molar-refractivity contribution in [3.05, 3.63) is 60.1 Å². The molecule has 26 heavy (non-hydrogen) atoms. The molecule has 0 radical (unpaired) electrons. The van der Waals surface area contributed by atoms with Crippen LogP contribution in [0.5, 0.6) is 0 Å². The number of carboxylic acid groups (broad SMARTS) is 1. The summed E-state index contributed by atoms with van der Waals surface area (Å²) in [5.74, 6) is -1.16. The molecule has 6 heteroatoms. The smallest absolute Gasteiger partial charge is 0.356 e. The third-order valence-corrected chi connectivity index (χ3v) is 4.43.